The lowest BCUT2D eigenvalue weighted by atomic mass is 10.2. The van der Waals surface area contributed by atoms with Gasteiger partial charge in [-0.25, -0.2) is 0 Å². The topological polar surface area (TPSA) is 65.5 Å². The Hall–Kier alpha value is -0.910. The monoisotopic (exact) mass is 286 g/mol. The molecule has 0 aromatic rings. The third kappa shape index (κ3) is 6.71. The van der Waals surface area contributed by atoms with E-state index in [1.54, 1.807) is 7.05 Å². The Bertz CT molecular complexity index is 301. The fraction of sp³-hybridized carbons (Fsp3) is 0.846. The van der Waals surface area contributed by atoms with E-state index in [1.807, 2.05) is 25.6 Å². The Balaban J connectivity index is 2.09. The molecule has 0 aromatic carbocycles. The van der Waals surface area contributed by atoms with E-state index in [4.69, 9.17) is 0 Å². The third-order valence-corrected chi connectivity index (χ3v) is 4.38. The van der Waals surface area contributed by atoms with Crippen LogP contribution in [0.1, 0.15) is 26.7 Å². The fourth-order valence-electron chi connectivity index (χ4n) is 1.81. The zero-order valence-corrected chi connectivity index (χ0v) is 13.0. The van der Waals surface area contributed by atoms with E-state index >= 15 is 0 Å². The summed E-state index contributed by atoms with van der Waals surface area (Å²) in [6.45, 7) is 6.06. The van der Waals surface area contributed by atoms with Crippen molar-refractivity contribution >= 4 is 23.6 Å². The highest BCUT2D eigenvalue weighted by Gasteiger charge is 2.15. The second kappa shape index (κ2) is 9.07. The predicted molar refractivity (Wildman–Crippen MR) is 82.7 cm³/mol. The number of carbonyl (C=O) groups excluding carboxylic acids is 1. The number of aliphatic imine (C=N–C) groups is 1. The molecule has 110 valence electrons. The van der Waals surface area contributed by atoms with Crippen LogP contribution in [-0.4, -0.2) is 49.6 Å². The molecule has 1 heterocycles. The molecule has 1 unspecified atom stereocenters. The van der Waals surface area contributed by atoms with E-state index in [0.717, 1.165) is 12.5 Å². The van der Waals surface area contributed by atoms with Crippen molar-refractivity contribution in [3.8, 4) is 0 Å². The van der Waals surface area contributed by atoms with E-state index in [0.29, 0.717) is 18.3 Å². The molecule has 1 atom stereocenters. The molecule has 1 aliphatic heterocycles. The smallest absolute Gasteiger partial charge is 0.222 e. The summed E-state index contributed by atoms with van der Waals surface area (Å²) in [6, 6.07) is 0. The molecule has 0 spiro atoms. The van der Waals surface area contributed by atoms with Crippen LogP contribution in [0.3, 0.4) is 0 Å². The number of carbonyl (C=O) groups is 1. The zero-order valence-electron chi connectivity index (χ0n) is 12.2. The standard InChI is InChI=1S/C13H26N4OS/c1-10(2)12(18)15-6-7-16-13(14-3)17-9-11-5-4-8-19-11/h10-11H,4-9H2,1-3H3,(H,15,18)(H2,14,16,17). The van der Waals surface area contributed by atoms with Gasteiger partial charge in [-0.05, 0) is 18.6 Å². The first-order valence-electron chi connectivity index (χ1n) is 6.97. The lowest BCUT2D eigenvalue weighted by Crippen LogP contribution is -2.43. The maximum atomic E-state index is 11.4. The number of guanidine groups is 1. The quantitative estimate of drug-likeness (QED) is 0.384. The van der Waals surface area contributed by atoms with Crippen LogP contribution in [0.4, 0.5) is 0 Å². The lowest BCUT2D eigenvalue weighted by Gasteiger charge is -2.15. The van der Waals surface area contributed by atoms with Gasteiger partial charge in [0.25, 0.3) is 0 Å². The van der Waals surface area contributed by atoms with Crippen molar-refractivity contribution in [1.29, 1.82) is 0 Å². The molecule has 6 heteroatoms. The van der Waals surface area contributed by atoms with Gasteiger partial charge in [-0.1, -0.05) is 13.8 Å². The molecular weight excluding hydrogens is 260 g/mol. The average molecular weight is 286 g/mol. The summed E-state index contributed by atoms with van der Waals surface area (Å²) in [5.41, 5.74) is 0. The van der Waals surface area contributed by atoms with Crippen molar-refractivity contribution in [1.82, 2.24) is 16.0 Å². The number of hydrogen-bond donors (Lipinski definition) is 3. The van der Waals surface area contributed by atoms with Crippen molar-refractivity contribution in [3.05, 3.63) is 0 Å². The zero-order chi connectivity index (χ0) is 14.1. The van der Waals surface area contributed by atoms with Crippen molar-refractivity contribution in [2.75, 3.05) is 32.4 Å². The normalized spacial score (nSPS) is 19.6. The van der Waals surface area contributed by atoms with Crippen LogP contribution in [0.5, 0.6) is 0 Å². The first-order chi connectivity index (χ1) is 9.13. The van der Waals surface area contributed by atoms with Gasteiger partial charge in [-0.15, -0.1) is 0 Å². The number of rotatable bonds is 6. The van der Waals surface area contributed by atoms with Gasteiger partial charge >= 0.3 is 0 Å². The first kappa shape index (κ1) is 16.1. The predicted octanol–water partition coefficient (Wildman–Crippen LogP) is 0.819. The summed E-state index contributed by atoms with van der Waals surface area (Å²) in [4.78, 5) is 15.5. The minimum atomic E-state index is 0.0387. The Morgan fingerprint density at radius 3 is 2.63 bits per heavy atom. The molecule has 1 saturated heterocycles. The van der Waals surface area contributed by atoms with Crippen LogP contribution in [-0.2, 0) is 4.79 Å². The number of hydrogen-bond acceptors (Lipinski definition) is 3. The SMILES string of the molecule is CN=C(NCCNC(=O)C(C)C)NCC1CCCS1. The summed E-state index contributed by atoms with van der Waals surface area (Å²) in [5.74, 6) is 2.22. The van der Waals surface area contributed by atoms with Crippen molar-refractivity contribution in [3.63, 3.8) is 0 Å². The molecule has 3 N–H and O–H groups in total. The highest BCUT2D eigenvalue weighted by molar-refractivity contribution is 8.00. The van der Waals surface area contributed by atoms with Crippen LogP contribution in [0, 0.1) is 5.92 Å². The summed E-state index contributed by atoms with van der Waals surface area (Å²) < 4.78 is 0. The van der Waals surface area contributed by atoms with E-state index in [2.05, 4.69) is 20.9 Å². The van der Waals surface area contributed by atoms with E-state index in [9.17, 15) is 4.79 Å². The van der Waals surface area contributed by atoms with Crippen molar-refractivity contribution in [2.45, 2.75) is 31.9 Å². The van der Waals surface area contributed by atoms with Gasteiger partial charge in [0, 0.05) is 37.8 Å². The lowest BCUT2D eigenvalue weighted by molar-refractivity contribution is -0.123. The summed E-state index contributed by atoms with van der Waals surface area (Å²) >= 11 is 2.03. The minimum Gasteiger partial charge on any atom is -0.355 e. The van der Waals surface area contributed by atoms with Gasteiger partial charge in [-0.3, -0.25) is 9.79 Å². The van der Waals surface area contributed by atoms with Crippen molar-refractivity contribution < 1.29 is 4.79 Å². The molecule has 1 amide bonds. The summed E-state index contributed by atoms with van der Waals surface area (Å²) in [5, 5.41) is 10.1. The van der Waals surface area contributed by atoms with Gasteiger partial charge in [0.15, 0.2) is 5.96 Å². The first-order valence-corrected chi connectivity index (χ1v) is 8.02. The summed E-state index contributed by atoms with van der Waals surface area (Å²) in [6.07, 6.45) is 2.61. The van der Waals surface area contributed by atoms with Gasteiger partial charge in [0.1, 0.15) is 0 Å². The van der Waals surface area contributed by atoms with Gasteiger partial charge in [0.05, 0.1) is 0 Å². The number of thioether (sulfide) groups is 1. The van der Waals surface area contributed by atoms with Crippen molar-refractivity contribution in [2.24, 2.45) is 10.9 Å². The average Bonchev–Trinajstić information content (AvgIpc) is 2.90. The Kier molecular flexibility index (Phi) is 7.70. The molecule has 1 fully saturated rings. The summed E-state index contributed by atoms with van der Waals surface area (Å²) in [7, 11) is 1.77. The maximum absolute atomic E-state index is 11.4. The molecule has 0 radical (unpaired) electrons. The van der Waals surface area contributed by atoms with E-state index in [-0.39, 0.29) is 11.8 Å². The van der Waals surface area contributed by atoms with Crippen LogP contribution >= 0.6 is 11.8 Å². The van der Waals surface area contributed by atoms with Crippen LogP contribution < -0.4 is 16.0 Å². The fourth-order valence-corrected chi connectivity index (χ4v) is 3.01. The molecule has 1 aliphatic rings. The van der Waals surface area contributed by atoms with E-state index < -0.39 is 0 Å². The molecule has 19 heavy (non-hydrogen) atoms. The van der Waals surface area contributed by atoms with Gasteiger partial charge in [-0.2, -0.15) is 11.8 Å². The molecule has 5 nitrogen and oxygen atoms in total. The number of nitrogens with one attached hydrogen (secondary N) is 3. The van der Waals surface area contributed by atoms with Gasteiger partial charge < -0.3 is 16.0 Å². The highest BCUT2D eigenvalue weighted by atomic mass is 32.2. The largest absolute Gasteiger partial charge is 0.355 e. The Labute approximate surface area is 120 Å². The maximum Gasteiger partial charge on any atom is 0.222 e. The number of nitrogens with zero attached hydrogens (tertiary/aromatic N) is 1. The minimum absolute atomic E-state index is 0.0387. The Morgan fingerprint density at radius 1 is 1.32 bits per heavy atom. The second-order valence-corrected chi connectivity index (χ2v) is 6.37. The molecule has 0 aromatic heterocycles. The highest BCUT2D eigenvalue weighted by Crippen LogP contribution is 2.25. The van der Waals surface area contributed by atoms with Gasteiger partial charge in [0.2, 0.25) is 5.91 Å². The molecule has 0 aliphatic carbocycles. The molecule has 1 rings (SSSR count). The molecule has 0 saturated carbocycles. The molecular formula is C13H26N4OS. The van der Waals surface area contributed by atoms with Crippen LogP contribution in [0.2, 0.25) is 0 Å². The van der Waals surface area contributed by atoms with E-state index in [1.165, 1.54) is 18.6 Å². The second-order valence-electron chi connectivity index (χ2n) is 4.96. The molecule has 0 bridgehead atoms. The Morgan fingerprint density at radius 2 is 2.05 bits per heavy atom. The number of amides is 1. The third-order valence-electron chi connectivity index (χ3n) is 2.99. The van der Waals surface area contributed by atoms with Crippen LogP contribution in [0.25, 0.3) is 0 Å². The van der Waals surface area contributed by atoms with Crippen LogP contribution in [0.15, 0.2) is 4.99 Å².